The van der Waals surface area contributed by atoms with Crippen LogP contribution in [0.25, 0.3) is 0 Å². The molecule has 15 heavy (non-hydrogen) atoms. The van der Waals surface area contributed by atoms with Gasteiger partial charge in [-0.2, -0.15) is 5.26 Å². The van der Waals surface area contributed by atoms with Gasteiger partial charge in [0.1, 0.15) is 0 Å². The van der Waals surface area contributed by atoms with Crippen molar-refractivity contribution in [3.05, 3.63) is 23.8 Å². The van der Waals surface area contributed by atoms with Crippen LogP contribution in [0, 0.1) is 11.3 Å². The molecule has 0 amide bonds. The molecule has 0 unspecified atom stereocenters. The normalized spacial score (nSPS) is 16.1. The second kappa shape index (κ2) is 4.20. The van der Waals surface area contributed by atoms with Crippen molar-refractivity contribution in [3.8, 4) is 6.07 Å². The Balaban J connectivity index is 2.29. The number of benzene rings is 1. The van der Waals surface area contributed by atoms with E-state index < -0.39 is 0 Å². The molecule has 1 saturated heterocycles. The number of nitrogens with one attached hydrogen (secondary N) is 1. The predicted octanol–water partition coefficient (Wildman–Crippen LogP) is 0.550. The molecule has 4 heteroatoms. The number of nitrogens with two attached hydrogens (primary N) is 1. The van der Waals surface area contributed by atoms with Crippen LogP contribution in [0.1, 0.15) is 5.56 Å². The minimum atomic E-state index is 0.665. The lowest BCUT2D eigenvalue weighted by molar-refractivity contribution is 0.589. The van der Waals surface area contributed by atoms with Gasteiger partial charge in [0.2, 0.25) is 0 Å². The highest BCUT2D eigenvalue weighted by molar-refractivity contribution is 5.69. The highest BCUT2D eigenvalue weighted by Crippen LogP contribution is 2.24. The first-order valence-corrected chi connectivity index (χ1v) is 5.06. The third-order valence-corrected chi connectivity index (χ3v) is 2.62. The van der Waals surface area contributed by atoms with Crippen LogP contribution in [-0.2, 0) is 0 Å². The lowest BCUT2D eigenvalue weighted by Crippen LogP contribution is -2.43. The van der Waals surface area contributed by atoms with E-state index in [1.807, 2.05) is 6.07 Å². The summed E-state index contributed by atoms with van der Waals surface area (Å²) in [6.45, 7) is 3.82. The van der Waals surface area contributed by atoms with Crippen molar-refractivity contribution < 1.29 is 0 Å². The number of piperazine rings is 1. The summed E-state index contributed by atoms with van der Waals surface area (Å²) in [4.78, 5) is 2.21. The Labute approximate surface area is 89.3 Å². The highest BCUT2D eigenvalue weighted by atomic mass is 15.2. The van der Waals surface area contributed by atoms with Gasteiger partial charge >= 0.3 is 0 Å². The van der Waals surface area contributed by atoms with Gasteiger partial charge in [0, 0.05) is 26.2 Å². The van der Waals surface area contributed by atoms with Gasteiger partial charge in [-0.15, -0.1) is 0 Å². The molecule has 1 aromatic carbocycles. The summed E-state index contributed by atoms with van der Waals surface area (Å²) in [7, 11) is 0. The zero-order chi connectivity index (χ0) is 10.7. The van der Waals surface area contributed by atoms with Crippen molar-refractivity contribution in [1.82, 2.24) is 5.32 Å². The van der Waals surface area contributed by atoms with Gasteiger partial charge in [-0.3, -0.25) is 0 Å². The first-order valence-electron chi connectivity index (χ1n) is 5.06. The largest absolute Gasteiger partial charge is 0.397 e. The van der Waals surface area contributed by atoms with Gasteiger partial charge < -0.3 is 16.0 Å². The monoisotopic (exact) mass is 202 g/mol. The molecule has 0 spiro atoms. The molecule has 1 aromatic rings. The number of anilines is 2. The van der Waals surface area contributed by atoms with Gasteiger partial charge in [0.05, 0.1) is 23.0 Å². The van der Waals surface area contributed by atoms with Crippen molar-refractivity contribution in [2.24, 2.45) is 0 Å². The maximum Gasteiger partial charge on any atom is 0.0992 e. The minimum Gasteiger partial charge on any atom is -0.397 e. The van der Waals surface area contributed by atoms with Crippen molar-refractivity contribution in [1.29, 1.82) is 5.26 Å². The number of hydrogen-bond donors (Lipinski definition) is 2. The molecule has 0 aromatic heterocycles. The van der Waals surface area contributed by atoms with Crippen molar-refractivity contribution >= 4 is 11.4 Å². The SMILES string of the molecule is N#Cc1ccc(N)c(N2CCNCC2)c1. The Morgan fingerprint density at radius 1 is 1.33 bits per heavy atom. The van der Waals surface area contributed by atoms with Gasteiger partial charge in [-0.25, -0.2) is 0 Å². The molecule has 3 N–H and O–H groups in total. The third kappa shape index (κ3) is 2.03. The molecule has 1 aliphatic rings. The molecule has 1 fully saturated rings. The van der Waals surface area contributed by atoms with E-state index in [9.17, 15) is 0 Å². The Morgan fingerprint density at radius 3 is 2.73 bits per heavy atom. The first kappa shape index (κ1) is 9.81. The summed E-state index contributed by atoms with van der Waals surface area (Å²) in [5.74, 6) is 0. The zero-order valence-corrected chi connectivity index (χ0v) is 8.53. The van der Waals surface area contributed by atoms with E-state index in [1.165, 1.54) is 0 Å². The van der Waals surface area contributed by atoms with Crippen molar-refractivity contribution in [2.45, 2.75) is 0 Å². The van der Waals surface area contributed by atoms with E-state index >= 15 is 0 Å². The van der Waals surface area contributed by atoms with Gasteiger partial charge in [-0.05, 0) is 18.2 Å². The lowest BCUT2D eigenvalue weighted by atomic mass is 10.1. The number of nitrogens with zero attached hydrogens (tertiary/aromatic N) is 2. The molecule has 0 saturated carbocycles. The van der Waals surface area contributed by atoms with Crippen LogP contribution in [0.5, 0.6) is 0 Å². The van der Waals surface area contributed by atoms with Crippen LogP contribution in [0.2, 0.25) is 0 Å². The molecule has 1 aliphatic heterocycles. The van der Waals surface area contributed by atoms with Gasteiger partial charge in [0.25, 0.3) is 0 Å². The Morgan fingerprint density at radius 2 is 2.07 bits per heavy atom. The average molecular weight is 202 g/mol. The summed E-state index contributed by atoms with van der Waals surface area (Å²) < 4.78 is 0. The van der Waals surface area contributed by atoms with Crippen LogP contribution < -0.4 is 16.0 Å². The Bertz CT molecular complexity index is 388. The summed E-state index contributed by atoms with van der Waals surface area (Å²) in [5, 5.41) is 12.1. The second-order valence-electron chi connectivity index (χ2n) is 3.62. The maximum absolute atomic E-state index is 8.83. The molecule has 0 bridgehead atoms. The van der Waals surface area contributed by atoms with Crippen LogP contribution >= 0.6 is 0 Å². The molecule has 2 rings (SSSR count). The molecule has 0 radical (unpaired) electrons. The van der Waals surface area contributed by atoms with Crippen LogP contribution in [0.3, 0.4) is 0 Å². The van der Waals surface area contributed by atoms with E-state index in [1.54, 1.807) is 12.1 Å². The topological polar surface area (TPSA) is 65.1 Å². The van der Waals surface area contributed by atoms with Crippen LogP contribution in [0.4, 0.5) is 11.4 Å². The lowest BCUT2D eigenvalue weighted by Gasteiger charge is -2.30. The maximum atomic E-state index is 8.83. The number of rotatable bonds is 1. The minimum absolute atomic E-state index is 0.665. The van der Waals surface area contributed by atoms with Gasteiger partial charge in [0.15, 0.2) is 0 Å². The van der Waals surface area contributed by atoms with E-state index in [2.05, 4.69) is 16.3 Å². The van der Waals surface area contributed by atoms with Crippen molar-refractivity contribution in [2.75, 3.05) is 36.8 Å². The molecule has 4 nitrogen and oxygen atoms in total. The quantitative estimate of drug-likeness (QED) is 0.653. The smallest absolute Gasteiger partial charge is 0.0992 e. The van der Waals surface area contributed by atoms with E-state index in [0.29, 0.717) is 5.56 Å². The molecule has 1 heterocycles. The molecule has 78 valence electrons. The van der Waals surface area contributed by atoms with Crippen LogP contribution in [0.15, 0.2) is 18.2 Å². The standard InChI is InChI=1S/C11H14N4/c12-8-9-1-2-10(13)11(7-9)15-5-3-14-4-6-15/h1-2,7,14H,3-6,13H2. The van der Waals surface area contributed by atoms with E-state index in [-0.39, 0.29) is 0 Å². The Hall–Kier alpha value is -1.73. The third-order valence-electron chi connectivity index (χ3n) is 2.62. The number of nitriles is 1. The second-order valence-corrected chi connectivity index (χ2v) is 3.62. The summed E-state index contributed by atoms with van der Waals surface area (Å²) in [6, 6.07) is 7.55. The average Bonchev–Trinajstić information content (AvgIpc) is 2.31. The molecular formula is C11H14N4. The fourth-order valence-electron chi connectivity index (χ4n) is 1.79. The molecule has 0 aliphatic carbocycles. The summed E-state index contributed by atoms with van der Waals surface area (Å²) >= 11 is 0. The molecule has 0 atom stereocenters. The summed E-state index contributed by atoms with van der Waals surface area (Å²) in [5.41, 5.74) is 8.30. The van der Waals surface area contributed by atoms with E-state index in [4.69, 9.17) is 11.0 Å². The van der Waals surface area contributed by atoms with E-state index in [0.717, 1.165) is 37.6 Å². The zero-order valence-electron chi connectivity index (χ0n) is 8.53. The fourth-order valence-corrected chi connectivity index (χ4v) is 1.79. The van der Waals surface area contributed by atoms with Crippen molar-refractivity contribution in [3.63, 3.8) is 0 Å². The Kier molecular flexibility index (Phi) is 2.75. The first-order chi connectivity index (χ1) is 7.31. The summed E-state index contributed by atoms with van der Waals surface area (Å²) in [6.07, 6.45) is 0. The van der Waals surface area contributed by atoms with Gasteiger partial charge in [-0.1, -0.05) is 0 Å². The fraction of sp³-hybridized carbons (Fsp3) is 0.364. The highest BCUT2D eigenvalue weighted by Gasteiger charge is 2.13. The number of nitrogen functional groups attached to an aromatic ring is 1. The van der Waals surface area contributed by atoms with Crippen LogP contribution in [-0.4, -0.2) is 26.2 Å². The number of hydrogen-bond acceptors (Lipinski definition) is 4. The molecular weight excluding hydrogens is 188 g/mol. The predicted molar refractivity (Wildman–Crippen MR) is 60.7 cm³/mol.